The van der Waals surface area contributed by atoms with E-state index in [9.17, 15) is 4.79 Å². The first kappa shape index (κ1) is 15.5. The molecule has 118 valence electrons. The number of hydrogen-bond acceptors (Lipinski definition) is 6. The maximum absolute atomic E-state index is 12.1. The van der Waals surface area contributed by atoms with Crippen molar-refractivity contribution in [1.82, 2.24) is 19.6 Å². The minimum atomic E-state index is -0.423. The second-order valence-corrected chi connectivity index (χ2v) is 5.87. The second kappa shape index (κ2) is 6.78. The molecule has 0 amide bonds. The topological polar surface area (TPSA) is 69.4 Å². The van der Waals surface area contributed by atoms with Crippen molar-refractivity contribution in [1.29, 1.82) is 0 Å². The van der Waals surface area contributed by atoms with Crippen molar-refractivity contribution < 1.29 is 9.53 Å². The average Bonchev–Trinajstić information content (AvgIpc) is 2.99. The van der Waals surface area contributed by atoms with E-state index in [4.69, 9.17) is 4.74 Å². The van der Waals surface area contributed by atoms with Crippen LogP contribution in [0.4, 0.5) is 0 Å². The van der Waals surface area contributed by atoms with Gasteiger partial charge in [0.15, 0.2) is 16.6 Å². The quantitative estimate of drug-likeness (QED) is 0.529. The summed E-state index contributed by atoms with van der Waals surface area (Å²) in [6.07, 6.45) is 1.48. The summed E-state index contributed by atoms with van der Waals surface area (Å²) in [4.78, 5) is 21.1. The lowest BCUT2D eigenvalue weighted by Crippen LogP contribution is -2.07. The van der Waals surface area contributed by atoms with E-state index in [1.54, 1.807) is 11.4 Å². The number of hydrogen-bond donors (Lipinski definition) is 0. The van der Waals surface area contributed by atoms with E-state index in [2.05, 4.69) is 15.1 Å². The van der Waals surface area contributed by atoms with Crippen LogP contribution in [-0.4, -0.2) is 37.9 Å². The Kier molecular flexibility index (Phi) is 4.57. The minimum Gasteiger partial charge on any atom is -0.462 e. The van der Waals surface area contributed by atoms with Gasteiger partial charge >= 0.3 is 5.97 Å². The maximum Gasteiger partial charge on any atom is 0.343 e. The van der Waals surface area contributed by atoms with Gasteiger partial charge in [-0.15, -0.1) is 0 Å². The van der Waals surface area contributed by atoms with Crippen LogP contribution in [0.1, 0.15) is 24.2 Å². The lowest BCUT2D eigenvalue weighted by atomic mass is 10.2. The van der Waals surface area contributed by atoms with Crippen LogP contribution in [0.3, 0.4) is 0 Å². The summed E-state index contributed by atoms with van der Waals surface area (Å²) in [5.74, 6) is 1.07. The van der Waals surface area contributed by atoms with Crippen molar-refractivity contribution in [2.45, 2.75) is 19.0 Å². The molecule has 0 aliphatic rings. The van der Waals surface area contributed by atoms with Crippen molar-refractivity contribution in [2.75, 3.05) is 12.4 Å². The SMILES string of the molecule is CCOC(=O)c1cnn2c(-c3ccccc3)nc(SCC)nc12. The predicted octanol–water partition coefficient (Wildman–Crippen LogP) is 3.08. The summed E-state index contributed by atoms with van der Waals surface area (Å²) in [6, 6.07) is 9.72. The van der Waals surface area contributed by atoms with Gasteiger partial charge in [-0.25, -0.2) is 14.8 Å². The van der Waals surface area contributed by atoms with Gasteiger partial charge in [-0.1, -0.05) is 49.0 Å². The van der Waals surface area contributed by atoms with Gasteiger partial charge < -0.3 is 4.74 Å². The van der Waals surface area contributed by atoms with Crippen LogP contribution in [0, 0.1) is 0 Å². The van der Waals surface area contributed by atoms with Crippen LogP contribution in [0.2, 0.25) is 0 Å². The van der Waals surface area contributed by atoms with E-state index in [1.807, 2.05) is 37.3 Å². The third kappa shape index (κ3) is 3.05. The molecule has 2 aromatic heterocycles. The fraction of sp³-hybridized carbons (Fsp3) is 0.250. The average molecular weight is 328 g/mol. The highest BCUT2D eigenvalue weighted by Gasteiger charge is 2.19. The molecule has 2 heterocycles. The summed E-state index contributed by atoms with van der Waals surface area (Å²) in [5.41, 5.74) is 1.73. The number of thioether (sulfide) groups is 1. The summed E-state index contributed by atoms with van der Waals surface area (Å²) in [7, 11) is 0. The molecule has 0 unspecified atom stereocenters. The number of rotatable bonds is 5. The maximum atomic E-state index is 12.1. The molecule has 0 aliphatic carbocycles. The molecular weight excluding hydrogens is 312 g/mol. The Bertz CT molecular complexity index is 833. The Morgan fingerprint density at radius 1 is 1.22 bits per heavy atom. The van der Waals surface area contributed by atoms with Gasteiger partial charge in [0.25, 0.3) is 0 Å². The number of ether oxygens (including phenoxy) is 1. The highest BCUT2D eigenvalue weighted by Crippen LogP contribution is 2.23. The molecular formula is C16H16N4O2S. The number of nitrogens with zero attached hydrogens (tertiary/aromatic N) is 4. The highest BCUT2D eigenvalue weighted by molar-refractivity contribution is 7.99. The Morgan fingerprint density at radius 3 is 2.70 bits per heavy atom. The van der Waals surface area contributed by atoms with E-state index in [0.29, 0.717) is 28.8 Å². The molecule has 1 aromatic carbocycles. The predicted molar refractivity (Wildman–Crippen MR) is 88.6 cm³/mol. The number of benzene rings is 1. The van der Waals surface area contributed by atoms with E-state index >= 15 is 0 Å². The number of aromatic nitrogens is 4. The van der Waals surface area contributed by atoms with Gasteiger partial charge in [-0.05, 0) is 12.7 Å². The molecule has 0 fully saturated rings. The first-order valence-corrected chi connectivity index (χ1v) is 8.34. The van der Waals surface area contributed by atoms with Crippen molar-refractivity contribution in [3.63, 3.8) is 0 Å². The molecule has 23 heavy (non-hydrogen) atoms. The van der Waals surface area contributed by atoms with E-state index in [1.165, 1.54) is 18.0 Å². The van der Waals surface area contributed by atoms with E-state index in [0.717, 1.165) is 11.3 Å². The molecule has 6 nitrogen and oxygen atoms in total. The van der Waals surface area contributed by atoms with Gasteiger partial charge in [0.05, 0.1) is 12.8 Å². The molecule has 0 saturated heterocycles. The monoisotopic (exact) mass is 328 g/mol. The molecule has 0 spiro atoms. The van der Waals surface area contributed by atoms with Crippen molar-refractivity contribution >= 4 is 23.4 Å². The first-order valence-electron chi connectivity index (χ1n) is 7.35. The van der Waals surface area contributed by atoms with Crippen molar-refractivity contribution in [3.8, 4) is 11.4 Å². The fourth-order valence-electron chi connectivity index (χ4n) is 2.18. The number of carbonyl (C=O) groups is 1. The van der Waals surface area contributed by atoms with Gasteiger partial charge in [-0.2, -0.15) is 9.61 Å². The smallest absolute Gasteiger partial charge is 0.343 e. The van der Waals surface area contributed by atoms with Crippen LogP contribution in [0.5, 0.6) is 0 Å². The third-order valence-electron chi connectivity index (χ3n) is 3.15. The summed E-state index contributed by atoms with van der Waals surface area (Å²) in [6.45, 7) is 4.11. The van der Waals surface area contributed by atoms with Crippen LogP contribution in [0.25, 0.3) is 17.0 Å². The third-order valence-corrected chi connectivity index (χ3v) is 3.88. The van der Waals surface area contributed by atoms with Crippen LogP contribution in [0.15, 0.2) is 41.7 Å². The van der Waals surface area contributed by atoms with Gasteiger partial charge in [-0.3, -0.25) is 0 Å². The Hall–Kier alpha value is -2.41. The number of carbonyl (C=O) groups excluding carboxylic acids is 1. The molecule has 0 aliphatic heterocycles. The normalized spacial score (nSPS) is 10.9. The van der Waals surface area contributed by atoms with Gasteiger partial charge in [0, 0.05) is 5.56 Å². The summed E-state index contributed by atoms with van der Waals surface area (Å²) >= 11 is 1.52. The highest BCUT2D eigenvalue weighted by atomic mass is 32.2. The summed E-state index contributed by atoms with van der Waals surface area (Å²) in [5, 5.41) is 4.90. The van der Waals surface area contributed by atoms with Gasteiger partial charge in [0.2, 0.25) is 0 Å². The van der Waals surface area contributed by atoms with E-state index < -0.39 is 5.97 Å². The number of fused-ring (bicyclic) bond motifs is 1. The number of esters is 1. The van der Waals surface area contributed by atoms with Crippen LogP contribution < -0.4 is 0 Å². The summed E-state index contributed by atoms with van der Waals surface area (Å²) < 4.78 is 6.66. The van der Waals surface area contributed by atoms with Gasteiger partial charge in [0.1, 0.15) is 5.56 Å². The molecule has 0 radical (unpaired) electrons. The zero-order valence-electron chi connectivity index (χ0n) is 12.9. The van der Waals surface area contributed by atoms with Crippen molar-refractivity contribution in [3.05, 3.63) is 42.1 Å². The zero-order valence-corrected chi connectivity index (χ0v) is 13.7. The molecule has 0 N–H and O–H groups in total. The lowest BCUT2D eigenvalue weighted by Gasteiger charge is -2.07. The Labute approximate surface area is 137 Å². The standard InChI is InChI=1S/C16H16N4O2S/c1-3-22-15(21)12-10-17-20-13(11-8-6-5-7-9-11)18-16(23-4-2)19-14(12)20/h5-10H,3-4H2,1-2H3. The Morgan fingerprint density at radius 2 is 2.00 bits per heavy atom. The van der Waals surface area contributed by atoms with Crippen LogP contribution >= 0.6 is 11.8 Å². The zero-order chi connectivity index (χ0) is 16.2. The molecule has 3 aromatic rings. The Balaban J connectivity index is 2.21. The molecule has 3 rings (SSSR count). The first-order chi connectivity index (χ1) is 11.2. The second-order valence-electron chi connectivity index (χ2n) is 4.64. The fourth-order valence-corrected chi connectivity index (χ4v) is 2.74. The van der Waals surface area contributed by atoms with Crippen LogP contribution in [-0.2, 0) is 4.74 Å². The molecule has 7 heteroatoms. The molecule has 0 bridgehead atoms. The molecule has 0 saturated carbocycles. The minimum absolute atomic E-state index is 0.309. The largest absolute Gasteiger partial charge is 0.462 e. The lowest BCUT2D eigenvalue weighted by molar-refractivity contribution is 0.0528. The van der Waals surface area contributed by atoms with E-state index in [-0.39, 0.29) is 0 Å². The van der Waals surface area contributed by atoms with Crippen molar-refractivity contribution in [2.24, 2.45) is 0 Å². The molecule has 0 atom stereocenters.